The number of pyridine rings is 1. The van der Waals surface area contributed by atoms with E-state index < -0.39 is 0 Å². The lowest BCUT2D eigenvalue weighted by atomic mass is 10.1. The van der Waals surface area contributed by atoms with Gasteiger partial charge in [-0.1, -0.05) is 35.9 Å². The molecule has 0 aliphatic heterocycles. The summed E-state index contributed by atoms with van der Waals surface area (Å²) in [6.45, 7) is 7.68. The molecule has 1 N–H and O–H groups in total. The molecule has 2 aromatic carbocycles. The molecule has 0 bridgehead atoms. The first-order valence-corrected chi connectivity index (χ1v) is 9.74. The first-order valence-electron chi connectivity index (χ1n) is 9.36. The number of carbonyl (C=O) groups is 1. The molecule has 0 atom stereocenters. The summed E-state index contributed by atoms with van der Waals surface area (Å²) in [5.74, 6) is -0.180. The van der Waals surface area contributed by atoms with Gasteiger partial charge in [-0.25, -0.2) is 9.67 Å². The third-order valence-electron chi connectivity index (χ3n) is 5.05. The minimum Gasteiger partial charge on any atom is -0.322 e. The van der Waals surface area contributed by atoms with Crippen LogP contribution in [0.1, 0.15) is 32.9 Å². The van der Waals surface area contributed by atoms with Crippen LogP contribution >= 0.6 is 11.6 Å². The monoisotopic (exact) mass is 404 g/mol. The Morgan fingerprint density at radius 3 is 2.55 bits per heavy atom. The second-order valence-electron chi connectivity index (χ2n) is 7.16. The standard InChI is InChI=1S/C23H21ClN4O/c1-13-8-5-6-10-19(13)26-23(29)17-12-14(2)25-22-21(17)16(4)27-28(22)20-11-7-9-18(24)15(20)3/h5-12H,1-4H3,(H,26,29). The Morgan fingerprint density at radius 2 is 1.79 bits per heavy atom. The Hall–Kier alpha value is -3.18. The molecule has 4 rings (SSSR count). The van der Waals surface area contributed by atoms with Crippen LogP contribution in [0.5, 0.6) is 0 Å². The van der Waals surface area contributed by atoms with Gasteiger partial charge in [-0.2, -0.15) is 5.10 Å². The number of nitrogens with one attached hydrogen (secondary N) is 1. The Labute approximate surface area is 174 Å². The molecule has 2 aromatic heterocycles. The summed E-state index contributed by atoms with van der Waals surface area (Å²) in [5.41, 5.74) is 6.23. The highest BCUT2D eigenvalue weighted by Gasteiger charge is 2.21. The van der Waals surface area contributed by atoms with Gasteiger partial charge in [0, 0.05) is 16.4 Å². The number of hydrogen-bond acceptors (Lipinski definition) is 3. The Balaban J connectivity index is 1.89. The fourth-order valence-electron chi connectivity index (χ4n) is 3.49. The van der Waals surface area contributed by atoms with E-state index in [0.717, 1.165) is 39.3 Å². The maximum Gasteiger partial charge on any atom is 0.256 e. The number of carbonyl (C=O) groups excluding carboxylic acids is 1. The zero-order chi connectivity index (χ0) is 20.7. The molecule has 0 unspecified atom stereocenters. The van der Waals surface area contributed by atoms with E-state index in [1.807, 2.05) is 70.2 Å². The average Bonchev–Trinajstić information content (AvgIpc) is 3.01. The summed E-state index contributed by atoms with van der Waals surface area (Å²) < 4.78 is 1.77. The molecular weight excluding hydrogens is 384 g/mol. The van der Waals surface area contributed by atoms with Crippen LogP contribution in [0.25, 0.3) is 16.7 Å². The Kier molecular flexibility index (Phi) is 4.84. The number of amides is 1. The van der Waals surface area contributed by atoms with Crippen molar-refractivity contribution in [3.63, 3.8) is 0 Å². The summed E-state index contributed by atoms with van der Waals surface area (Å²) in [7, 11) is 0. The van der Waals surface area contributed by atoms with Crippen molar-refractivity contribution in [1.82, 2.24) is 14.8 Å². The number of aryl methyl sites for hydroxylation is 3. The number of para-hydroxylation sites is 1. The normalized spacial score (nSPS) is 11.1. The van der Waals surface area contributed by atoms with Crippen LogP contribution in [0.3, 0.4) is 0 Å². The van der Waals surface area contributed by atoms with Gasteiger partial charge >= 0.3 is 0 Å². The van der Waals surface area contributed by atoms with Gasteiger partial charge in [-0.05, 0) is 63.1 Å². The van der Waals surface area contributed by atoms with Crippen LogP contribution in [0.15, 0.2) is 48.5 Å². The van der Waals surface area contributed by atoms with Crippen LogP contribution in [0.4, 0.5) is 5.69 Å². The molecule has 2 heterocycles. The highest BCUT2D eigenvalue weighted by molar-refractivity contribution is 6.31. The summed E-state index contributed by atoms with van der Waals surface area (Å²) in [6.07, 6.45) is 0. The fourth-order valence-corrected chi connectivity index (χ4v) is 3.66. The van der Waals surface area contributed by atoms with Crippen molar-refractivity contribution in [3.05, 3.63) is 81.6 Å². The van der Waals surface area contributed by atoms with Crippen LogP contribution in [0.2, 0.25) is 5.02 Å². The van der Waals surface area contributed by atoms with Crippen LogP contribution in [-0.2, 0) is 0 Å². The molecule has 0 radical (unpaired) electrons. The molecule has 29 heavy (non-hydrogen) atoms. The predicted molar refractivity (Wildman–Crippen MR) is 117 cm³/mol. The number of hydrogen-bond donors (Lipinski definition) is 1. The topological polar surface area (TPSA) is 59.8 Å². The van der Waals surface area contributed by atoms with E-state index in [4.69, 9.17) is 11.6 Å². The lowest BCUT2D eigenvalue weighted by Crippen LogP contribution is -2.14. The van der Waals surface area contributed by atoms with Crippen molar-refractivity contribution in [2.24, 2.45) is 0 Å². The number of halogens is 1. The summed E-state index contributed by atoms with van der Waals surface area (Å²) >= 11 is 6.31. The lowest BCUT2D eigenvalue weighted by Gasteiger charge is -2.11. The highest BCUT2D eigenvalue weighted by atomic mass is 35.5. The quantitative estimate of drug-likeness (QED) is 0.486. The highest BCUT2D eigenvalue weighted by Crippen LogP contribution is 2.29. The molecule has 1 amide bonds. The van der Waals surface area contributed by atoms with E-state index in [0.29, 0.717) is 16.2 Å². The Bertz CT molecular complexity index is 1260. The maximum atomic E-state index is 13.2. The van der Waals surface area contributed by atoms with E-state index >= 15 is 0 Å². The number of fused-ring (bicyclic) bond motifs is 1. The van der Waals surface area contributed by atoms with Gasteiger partial charge < -0.3 is 5.32 Å². The lowest BCUT2D eigenvalue weighted by molar-refractivity contribution is 0.102. The first-order chi connectivity index (χ1) is 13.9. The van der Waals surface area contributed by atoms with E-state index in [2.05, 4.69) is 15.4 Å². The molecular formula is C23H21ClN4O. The van der Waals surface area contributed by atoms with Crippen LogP contribution in [0, 0.1) is 27.7 Å². The molecule has 0 saturated carbocycles. The molecule has 146 valence electrons. The first kappa shape index (κ1) is 19.2. The van der Waals surface area contributed by atoms with Gasteiger partial charge in [0.1, 0.15) is 0 Å². The van der Waals surface area contributed by atoms with Crippen LogP contribution in [-0.4, -0.2) is 20.7 Å². The summed E-state index contributed by atoms with van der Waals surface area (Å²) in [6, 6.07) is 15.2. The predicted octanol–water partition coefficient (Wildman–Crippen LogP) is 5.56. The minimum atomic E-state index is -0.180. The third-order valence-corrected chi connectivity index (χ3v) is 5.46. The second kappa shape index (κ2) is 7.33. The molecule has 0 saturated heterocycles. The van der Waals surface area contributed by atoms with Crippen molar-refractivity contribution in [2.45, 2.75) is 27.7 Å². The minimum absolute atomic E-state index is 0.180. The van der Waals surface area contributed by atoms with E-state index in [1.54, 1.807) is 10.7 Å². The molecule has 0 fully saturated rings. The van der Waals surface area contributed by atoms with E-state index in [9.17, 15) is 4.79 Å². The van der Waals surface area contributed by atoms with Gasteiger partial charge in [0.05, 0.1) is 22.3 Å². The zero-order valence-corrected chi connectivity index (χ0v) is 17.5. The number of nitrogens with zero attached hydrogens (tertiary/aromatic N) is 3. The summed E-state index contributed by atoms with van der Waals surface area (Å²) in [4.78, 5) is 17.8. The SMILES string of the molecule is Cc1cc(C(=O)Nc2ccccc2C)c2c(C)nn(-c3cccc(Cl)c3C)c2n1. The maximum absolute atomic E-state index is 13.2. The molecule has 4 aromatic rings. The smallest absolute Gasteiger partial charge is 0.256 e. The van der Waals surface area contributed by atoms with Gasteiger partial charge in [0.25, 0.3) is 5.91 Å². The Morgan fingerprint density at radius 1 is 1.03 bits per heavy atom. The van der Waals surface area contributed by atoms with Crippen molar-refractivity contribution < 1.29 is 4.79 Å². The van der Waals surface area contributed by atoms with Gasteiger partial charge in [0.2, 0.25) is 0 Å². The third kappa shape index (κ3) is 3.38. The molecule has 0 aliphatic rings. The van der Waals surface area contributed by atoms with Crippen molar-refractivity contribution in [2.75, 3.05) is 5.32 Å². The zero-order valence-electron chi connectivity index (χ0n) is 16.7. The molecule has 5 nitrogen and oxygen atoms in total. The molecule has 6 heteroatoms. The number of aromatic nitrogens is 3. The molecule has 0 aliphatic carbocycles. The van der Waals surface area contributed by atoms with Gasteiger partial charge in [-0.3, -0.25) is 4.79 Å². The fraction of sp³-hybridized carbons (Fsp3) is 0.174. The van der Waals surface area contributed by atoms with E-state index in [1.165, 1.54) is 0 Å². The average molecular weight is 405 g/mol. The van der Waals surface area contributed by atoms with Gasteiger partial charge in [0.15, 0.2) is 5.65 Å². The van der Waals surface area contributed by atoms with Gasteiger partial charge in [-0.15, -0.1) is 0 Å². The largest absolute Gasteiger partial charge is 0.322 e. The van der Waals surface area contributed by atoms with Crippen LogP contribution < -0.4 is 5.32 Å². The molecule has 0 spiro atoms. The number of benzene rings is 2. The van der Waals surface area contributed by atoms with Crippen molar-refractivity contribution in [3.8, 4) is 5.69 Å². The van der Waals surface area contributed by atoms with Crippen molar-refractivity contribution in [1.29, 1.82) is 0 Å². The second-order valence-corrected chi connectivity index (χ2v) is 7.57. The number of anilines is 1. The summed E-state index contributed by atoms with van der Waals surface area (Å²) in [5, 5.41) is 9.10. The van der Waals surface area contributed by atoms with E-state index in [-0.39, 0.29) is 5.91 Å². The van der Waals surface area contributed by atoms with Crippen molar-refractivity contribution >= 4 is 34.2 Å². The number of rotatable bonds is 3.